The van der Waals surface area contributed by atoms with E-state index in [1.165, 1.54) is 0 Å². The van der Waals surface area contributed by atoms with Crippen LogP contribution < -0.4 is 10.6 Å². The average Bonchev–Trinajstić information content (AvgIpc) is 2.63. The van der Waals surface area contributed by atoms with Crippen LogP contribution in [0.2, 0.25) is 5.02 Å². The molecule has 88 valence electrons. The Morgan fingerprint density at radius 1 is 1.62 bits per heavy atom. The molecule has 0 radical (unpaired) electrons. The molecule has 1 aromatic heterocycles. The van der Waals surface area contributed by atoms with Gasteiger partial charge in [0.25, 0.3) is 0 Å². The second-order valence-electron chi connectivity index (χ2n) is 4.11. The Hall–Kier alpha value is -1.00. The summed E-state index contributed by atoms with van der Waals surface area (Å²) in [6.45, 7) is 2.87. The van der Waals surface area contributed by atoms with E-state index in [1.807, 2.05) is 7.05 Å². The Bertz CT molecular complexity index is 385. The molecular formula is C11H16ClN3O. The highest BCUT2D eigenvalue weighted by Gasteiger charge is 2.29. The Balaban J connectivity index is 2.23. The summed E-state index contributed by atoms with van der Waals surface area (Å²) in [5.74, 6) is 0.770. The normalized spacial score (nSPS) is 24.7. The molecule has 4 nitrogen and oxygen atoms in total. The fourth-order valence-electron chi connectivity index (χ4n) is 2.13. The van der Waals surface area contributed by atoms with E-state index in [2.05, 4.69) is 16.8 Å². The first kappa shape index (κ1) is 11.5. The number of ether oxygens (including phenoxy) is 1. The highest BCUT2D eigenvalue weighted by molar-refractivity contribution is 6.30. The number of anilines is 2. The largest absolute Gasteiger partial charge is 0.396 e. The Kier molecular flexibility index (Phi) is 3.21. The van der Waals surface area contributed by atoms with Crippen LogP contribution in [0.4, 0.5) is 11.5 Å². The molecule has 1 saturated heterocycles. The molecule has 0 spiro atoms. The van der Waals surface area contributed by atoms with Crippen molar-refractivity contribution in [2.24, 2.45) is 0 Å². The van der Waals surface area contributed by atoms with Gasteiger partial charge in [-0.05, 0) is 19.4 Å². The molecule has 1 aromatic rings. The van der Waals surface area contributed by atoms with Gasteiger partial charge >= 0.3 is 0 Å². The first-order valence-electron chi connectivity index (χ1n) is 5.35. The van der Waals surface area contributed by atoms with Gasteiger partial charge in [-0.15, -0.1) is 0 Å². The van der Waals surface area contributed by atoms with Crippen molar-refractivity contribution in [3.05, 3.63) is 17.3 Å². The minimum absolute atomic E-state index is 0.210. The summed E-state index contributed by atoms with van der Waals surface area (Å²) in [6.07, 6.45) is 2.83. The molecular weight excluding hydrogens is 226 g/mol. The van der Waals surface area contributed by atoms with Crippen molar-refractivity contribution in [3.63, 3.8) is 0 Å². The van der Waals surface area contributed by atoms with E-state index in [9.17, 15) is 0 Å². The van der Waals surface area contributed by atoms with Gasteiger partial charge in [0, 0.05) is 19.9 Å². The van der Waals surface area contributed by atoms with Crippen molar-refractivity contribution < 1.29 is 4.74 Å². The smallest absolute Gasteiger partial charge is 0.151 e. The van der Waals surface area contributed by atoms with E-state index in [1.54, 1.807) is 12.3 Å². The number of nitrogens with zero attached hydrogens (tertiary/aromatic N) is 2. The number of pyridine rings is 1. The summed E-state index contributed by atoms with van der Waals surface area (Å²) in [5.41, 5.74) is 6.51. The Morgan fingerprint density at radius 2 is 2.38 bits per heavy atom. The van der Waals surface area contributed by atoms with Crippen molar-refractivity contribution in [2.45, 2.75) is 25.5 Å². The van der Waals surface area contributed by atoms with Gasteiger partial charge in [-0.2, -0.15) is 0 Å². The van der Waals surface area contributed by atoms with Crippen LogP contribution in [0.1, 0.15) is 13.3 Å². The van der Waals surface area contributed by atoms with E-state index in [0.717, 1.165) is 18.8 Å². The lowest BCUT2D eigenvalue weighted by molar-refractivity contribution is 0.118. The zero-order valence-corrected chi connectivity index (χ0v) is 10.2. The second kappa shape index (κ2) is 4.47. The molecule has 1 aliphatic rings. The lowest BCUT2D eigenvalue weighted by Gasteiger charge is -2.28. The highest BCUT2D eigenvalue weighted by Crippen LogP contribution is 2.28. The lowest BCUT2D eigenvalue weighted by Crippen LogP contribution is -2.37. The van der Waals surface area contributed by atoms with Gasteiger partial charge < -0.3 is 15.4 Å². The summed E-state index contributed by atoms with van der Waals surface area (Å²) in [4.78, 5) is 6.34. The number of rotatable bonds is 2. The van der Waals surface area contributed by atoms with Crippen molar-refractivity contribution in [1.29, 1.82) is 0 Å². The number of likely N-dealkylation sites (N-methyl/N-ethyl adjacent to an activating group) is 1. The third-order valence-corrected chi connectivity index (χ3v) is 3.24. The van der Waals surface area contributed by atoms with Gasteiger partial charge in [-0.3, -0.25) is 0 Å². The van der Waals surface area contributed by atoms with Gasteiger partial charge in [-0.25, -0.2) is 4.98 Å². The minimum atomic E-state index is 0.210. The average molecular weight is 242 g/mol. The highest BCUT2D eigenvalue weighted by atomic mass is 35.5. The molecule has 2 N–H and O–H groups in total. The molecule has 2 atom stereocenters. The molecule has 2 unspecified atom stereocenters. The molecule has 1 fully saturated rings. The number of halogens is 1. The number of aromatic nitrogens is 1. The zero-order chi connectivity index (χ0) is 11.7. The van der Waals surface area contributed by atoms with Crippen LogP contribution in [-0.2, 0) is 4.74 Å². The fourth-order valence-corrected chi connectivity index (χ4v) is 2.29. The first-order valence-corrected chi connectivity index (χ1v) is 5.73. The van der Waals surface area contributed by atoms with Crippen molar-refractivity contribution in [1.82, 2.24) is 4.98 Å². The number of hydrogen-bond acceptors (Lipinski definition) is 4. The summed E-state index contributed by atoms with van der Waals surface area (Å²) < 4.78 is 5.54. The molecule has 0 bridgehead atoms. The monoisotopic (exact) mass is 241 g/mol. The van der Waals surface area contributed by atoms with Gasteiger partial charge in [0.2, 0.25) is 0 Å². The van der Waals surface area contributed by atoms with E-state index >= 15 is 0 Å². The molecule has 0 aliphatic carbocycles. The van der Waals surface area contributed by atoms with E-state index in [-0.39, 0.29) is 6.10 Å². The predicted octanol–water partition coefficient (Wildman–Crippen LogP) is 1.93. The van der Waals surface area contributed by atoms with Gasteiger partial charge in [0.15, 0.2) is 5.82 Å². The molecule has 0 saturated carbocycles. The minimum Gasteiger partial charge on any atom is -0.396 e. The first-order chi connectivity index (χ1) is 7.59. The van der Waals surface area contributed by atoms with Gasteiger partial charge in [0.05, 0.1) is 22.9 Å². The lowest BCUT2D eigenvalue weighted by atomic mass is 10.1. The van der Waals surface area contributed by atoms with Crippen LogP contribution in [0.3, 0.4) is 0 Å². The van der Waals surface area contributed by atoms with Crippen molar-refractivity contribution >= 4 is 23.1 Å². The standard InChI is InChI=1S/C11H16ClN3O/c1-7-10(3-4-16-7)15(2)11-9(13)5-8(12)6-14-11/h5-7,10H,3-4,13H2,1-2H3. The maximum atomic E-state index is 5.91. The maximum absolute atomic E-state index is 5.91. The summed E-state index contributed by atoms with van der Waals surface area (Å²) in [7, 11) is 1.99. The molecule has 0 amide bonds. The predicted molar refractivity (Wildman–Crippen MR) is 65.9 cm³/mol. The molecule has 2 rings (SSSR count). The quantitative estimate of drug-likeness (QED) is 0.860. The maximum Gasteiger partial charge on any atom is 0.151 e. The Labute approximate surface area is 100 Å². The van der Waals surface area contributed by atoms with Crippen LogP contribution in [-0.4, -0.2) is 30.8 Å². The summed E-state index contributed by atoms with van der Waals surface area (Å²) in [6, 6.07) is 2.05. The van der Waals surface area contributed by atoms with Crippen molar-refractivity contribution in [3.8, 4) is 0 Å². The van der Waals surface area contributed by atoms with E-state index < -0.39 is 0 Å². The summed E-state index contributed by atoms with van der Waals surface area (Å²) >= 11 is 5.82. The summed E-state index contributed by atoms with van der Waals surface area (Å²) in [5, 5.41) is 0.561. The number of nitrogen functional groups attached to an aromatic ring is 1. The molecule has 0 aromatic carbocycles. The number of nitrogens with two attached hydrogens (primary N) is 1. The second-order valence-corrected chi connectivity index (χ2v) is 4.55. The molecule has 1 aliphatic heterocycles. The molecule has 2 heterocycles. The van der Waals surface area contributed by atoms with Crippen LogP contribution in [0.5, 0.6) is 0 Å². The van der Waals surface area contributed by atoms with Crippen LogP contribution in [0.25, 0.3) is 0 Å². The third kappa shape index (κ3) is 2.08. The molecule has 16 heavy (non-hydrogen) atoms. The van der Waals surface area contributed by atoms with Crippen LogP contribution in [0.15, 0.2) is 12.3 Å². The van der Waals surface area contributed by atoms with Gasteiger partial charge in [0.1, 0.15) is 0 Å². The van der Waals surface area contributed by atoms with Crippen LogP contribution >= 0.6 is 11.6 Å². The fraction of sp³-hybridized carbons (Fsp3) is 0.545. The van der Waals surface area contributed by atoms with Gasteiger partial charge in [-0.1, -0.05) is 11.6 Å². The third-order valence-electron chi connectivity index (χ3n) is 3.03. The van der Waals surface area contributed by atoms with E-state index in [0.29, 0.717) is 16.8 Å². The molecule has 5 heteroatoms. The number of hydrogen-bond donors (Lipinski definition) is 1. The zero-order valence-electron chi connectivity index (χ0n) is 9.48. The SMILES string of the molecule is CC1OCCC1N(C)c1ncc(Cl)cc1N. The van der Waals surface area contributed by atoms with Crippen LogP contribution in [0, 0.1) is 0 Å². The van der Waals surface area contributed by atoms with Crippen molar-refractivity contribution in [2.75, 3.05) is 24.3 Å². The Morgan fingerprint density at radius 3 is 2.94 bits per heavy atom. The van der Waals surface area contributed by atoms with E-state index in [4.69, 9.17) is 22.1 Å². The topological polar surface area (TPSA) is 51.4 Å².